The molecule has 0 aliphatic heterocycles. The molecule has 0 aliphatic carbocycles. The van der Waals surface area contributed by atoms with E-state index in [2.05, 4.69) is 5.32 Å². The van der Waals surface area contributed by atoms with Crippen molar-refractivity contribution >= 4 is 41.0 Å². The number of halogens is 7. The summed E-state index contributed by atoms with van der Waals surface area (Å²) >= 11 is 6.84. The summed E-state index contributed by atoms with van der Waals surface area (Å²) < 4.78 is 80.3. The van der Waals surface area contributed by atoms with Gasteiger partial charge in [0.1, 0.15) is 23.0 Å². The molecule has 3 rings (SSSR count). The highest BCUT2D eigenvalue weighted by molar-refractivity contribution is 7.99. The van der Waals surface area contributed by atoms with E-state index in [0.29, 0.717) is 10.5 Å². The van der Waals surface area contributed by atoms with Crippen LogP contribution in [0.4, 0.5) is 36.8 Å². The molecule has 0 aliphatic rings. The normalized spacial score (nSPS) is 11.3. The average molecular weight is 519 g/mol. The second-order valence-electron chi connectivity index (χ2n) is 6.85. The van der Waals surface area contributed by atoms with Gasteiger partial charge in [-0.15, -0.1) is 0 Å². The molecule has 0 unspecified atom stereocenters. The van der Waals surface area contributed by atoms with Crippen molar-refractivity contribution in [2.75, 3.05) is 5.32 Å². The zero-order valence-electron chi connectivity index (χ0n) is 17.0. The summed E-state index contributed by atoms with van der Waals surface area (Å²) in [5.74, 6) is -4.67. The Morgan fingerprint density at radius 1 is 0.912 bits per heavy atom. The van der Waals surface area contributed by atoms with Crippen molar-refractivity contribution in [2.45, 2.75) is 22.9 Å². The minimum atomic E-state index is -4.57. The van der Waals surface area contributed by atoms with Crippen LogP contribution in [0.1, 0.15) is 21.5 Å². The van der Waals surface area contributed by atoms with Gasteiger partial charge < -0.3 is 5.32 Å². The Bertz CT molecular complexity index is 1260. The topological polar surface area (TPSA) is 58.2 Å². The van der Waals surface area contributed by atoms with Gasteiger partial charge >= 0.3 is 12.2 Å². The Labute approximate surface area is 198 Å². The lowest BCUT2D eigenvalue weighted by molar-refractivity contribution is -0.137. The van der Waals surface area contributed by atoms with Crippen LogP contribution in [0.15, 0.2) is 58.3 Å². The maximum absolute atomic E-state index is 14.6. The number of hydrogen-bond donors (Lipinski definition) is 2. The molecule has 0 radical (unpaired) electrons. The molecule has 12 heteroatoms. The number of benzene rings is 3. The van der Waals surface area contributed by atoms with Crippen molar-refractivity contribution in [3.05, 3.63) is 87.7 Å². The van der Waals surface area contributed by atoms with Gasteiger partial charge in [-0.05, 0) is 55.0 Å². The first-order valence-electron chi connectivity index (χ1n) is 9.28. The molecular weight excluding hydrogens is 506 g/mol. The molecule has 0 spiro atoms. The molecule has 0 saturated heterocycles. The summed E-state index contributed by atoms with van der Waals surface area (Å²) in [6.07, 6.45) is -4.57. The van der Waals surface area contributed by atoms with E-state index in [0.717, 1.165) is 54.2 Å². The maximum Gasteiger partial charge on any atom is 0.416 e. The van der Waals surface area contributed by atoms with Crippen LogP contribution < -0.4 is 10.6 Å². The van der Waals surface area contributed by atoms with Crippen LogP contribution in [0.25, 0.3) is 0 Å². The lowest BCUT2D eigenvalue weighted by Crippen LogP contribution is -2.35. The van der Waals surface area contributed by atoms with Gasteiger partial charge in [0.2, 0.25) is 0 Å². The van der Waals surface area contributed by atoms with Crippen molar-refractivity contribution < 1.29 is 35.9 Å². The fraction of sp³-hybridized carbons (Fsp3) is 0.0909. The van der Waals surface area contributed by atoms with Gasteiger partial charge in [-0.25, -0.2) is 18.0 Å². The van der Waals surface area contributed by atoms with Gasteiger partial charge in [-0.1, -0.05) is 29.4 Å². The third kappa shape index (κ3) is 5.84. The Kier molecular flexibility index (Phi) is 7.47. The van der Waals surface area contributed by atoms with Gasteiger partial charge in [-0.2, -0.15) is 13.2 Å². The standard InChI is InChI=1S/C22H13ClF6N2O2S/c1-10-7-16(30-21(33)31-20(32)19-13(24)3-2-4-14(19)25)15(26)9-18(10)34-17-6-5-11(8-12(17)23)22(27,28)29/h2-9H,1H3,(H2,30,31,32,33). The van der Waals surface area contributed by atoms with Crippen molar-refractivity contribution in [3.63, 3.8) is 0 Å². The smallest absolute Gasteiger partial charge is 0.305 e. The Hall–Kier alpha value is -3.18. The number of aryl methyl sites for hydroxylation is 1. The molecule has 3 aromatic rings. The van der Waals surface area contributed by atoms with Gasteiger partial charge in [-0.3, -0.25) is 10.1 Å². The third-order valence-electron chi connectivity index (χ3n) is 4.41. The highest BCUT2D eigenvalue weighted by atomic mass is 35.5. The van der Waals surface area contributed by atoms with Crippen molar-refractivity contribution in [1.82, 2.24) is 5.32 Å². The number of amides is 3. The highest BCUT2D eigenvalue weighted by Gasteiger charge is 2.31. The molecule has 0 aromatic heterocycles. The molecule has 0 bridgehead atoms. The number of hydrogen-bond acceptors (Lipinski definition) is 3. The molecule has 2 N–H and O–H groups in total. The van der Waals surface area contributed by atoms with E-state index in [1.165, 1.54) is 6.07 Å². The number of urea groups is 1. The van der Waals surface area contributed by atoms with Crippen molar-refractivity contribution in [1.29, 1.82) is 0 Å². The second-order valence-corrected chi connectivity index (χ2v) is 8.34. The minimum Gasteiger partial charge on any atom is -0.305 e. The molecule has 0 fully saturated rings. The summed E-state index contributed by atoms with van der Waals surface area (Å²) in [5.41, 5.74) is -1.83. The van der Waals surface area contributed by atoms with E-state index in [9.17, 15) is 35.9 Å². The number of alkyl halides is 3. The highest BCUT2D eigenvalue weighted by Crippen LogP contribution is 2.39. The minimum absolute atomic E-state index is 0.180. The number of imide groups is 1. The Balaban J connectivity index is 1.74. The molecule has 178 valence electrons. The monoisotopic (exact) mass is 518 g/mol. The summed E-state index contributed by atoms with van der Waals surface area (Å²) in [4.78, 5) is 24.6. The summed E-state index contributed by atoms with van der Waals surface area (Å²) in [5, 5.41) is 3.59. The van der Waals surface area contributed by atoms with Crippen LogP contribution in [0.3, 0.4) is 0 Å². The predicted octanol–water partition coefficient (Wildman–Crippen LogP) is 7.20. The first kappa shape index (κ1) is 25.4. The molecule has 34 heavy (non-hydrogen) atoms. The molecule has 3 amide bonds. The summed E-state index contributed by atoms with van der Waals surface area (Å²) in [7, 11) is 0. The van der Waals surface area contributed by atoms with Gasteiger partial charge in [0.05, 0.1) is 16.3 Å². The van der Waals surface area contributed by atoms with E-state index in [-0.39, 0.29) is 15.6 Å². The molecular formula is C22H13ClF6N2O2S. The molecule has 4 nitrogen and oxygen atoms in total. The van der Waals surface area contributed by atoms with Gasteiger partial charge in [0.15, 0.2) is 0 Å². The predicted molar refractivity (Wildman–Crippen MR) is 115 cm³/mol. The first-order valence-corrected chi connectivity index (χ1v) is 10.5. The van der Waals surface area contributed by atoms with Crippen LogP contribution >= 0.6 is 23.4 Å². The zero-order chi connectivity index (χ0) is 25.2. The van der Waals surface area contributed by atoms with Crippen LogP contribution in [0.5, 0.6) is 0 Å². The zero-order valence-corrected chi connectivity index (χ0v) is 18.6. The van der Waals surface area contributed by atoms with Crippen molar-refractivity contribution in [3.8, 4) is 0 Å². The van der Waals surface area contributed by atoms with E-state index in [1.807, 2.05) is 0 Å². The number of nitrogens with one attached hydrogen (secondary N) is 2. The fourth-order valence-corrected chi connectivity index (χ4v) is 3.99. The largest absolute Gasteiger partial charge is 0.416 e. The van der Waals surface area contributed by atoms with E-state index >= 15 is 0 Å². The van der Waals surface area contributed by atoms with E-state index < -0.39 is 46.7 Å². The maximum atomic E-state index is 14.6. The second kappa shape index (κ2) is 9.98. The van der Waals surface area contributed by atoms with Gasteiger partial charge in [0.25, 0.3) is 5.91 Å². The average Bonchev–Trinajstić information content (AvgIpc) is 2.72. The summed E-state index contributed by atoms with van der Waals surface area (Å²) in [6, 6.07) is 6.44. The van der Waals surface area contributed by atoms with Crippen LogP contribution in [0.2, 0.25) is 5.02 Å². The Morgan fingerprint density at radius 3 is 2.15 bits per heavy atom. The molecule has 3 aromatic carbocycles. The van der Waals surface area contributed by atoms with Crippen LogP contribution in [0, 0.1) is 24.4 Å². The number of anilines is 1. The molecule has 0 saturated carbocycles. The number of carbonyl (C=O) groups excluding carboxylic acids is 2. The number of rotatable bonds is 4. The molecule has 0 heterocycles. The van der Waals surface area contributed by atoms with Gasteiger partial charge in [0, 0.05) is 9.79 Å². The Morgan fingerprint density at radius 2 is 1.56 bits per heavy atom. The van der Waals surface area contributed by atoms with E-state index in [4.69, 9.17) is 11.6 Å². The number of carbonyl (C=O) groups is 2. The first-order chi connectivity index (χ1) is 15.9. The quantitative estimate of drug-likeness (QED) is 0.359. The SMILES string of the molecule is Cc1cc(NC(=O)NC(=O)c2c(F)cccc2F)c(F)cc1Sc1ccc(C(F)(F)F)cc1Cl. The van der Waals surface area contributed by atoms with Crippen LogP contribution in [-0.2, 0) is 6.18 Å². The summed E-state index contributed by atoms with van der Waals surface area (Å²) in [6.45, 7) is 1.54. The lowest BCUT2D eigenvalue weighted by atomic mass is 10.2. The lowest BCUT2D eigenvalue weighted by Gasteiger charge is -2.13. The third-order valence-corrected chi connectivity index (χ3v) is 6.07. The van der Waals surface area contributed by atoms with Crippen molar-refractivity contribution in [2.24, 2.45) is 0 Å². The molecule has 0 atom stereocenters. The van der Waals surface area contributed by atoms with Crippen LogP contribution in [-0.4, -0.2) is 11.9 Å². The fourth-order valence-electron chi connectivity index (χ4n) is 2.78. The van der Waals surface area contributed by atoms with E-state index in [1.54, 1.807) is 12.2 Å².